The molecule has 1 amide bonds. The summed E-state index contributed by atoms with van der Waals surface area (Å²) in [6, 6.07) is 15.3. The van der Waals surface area contributed by atoms with Gasteiger partial charge in [-0.1, -0.05) is 35.1 Å². The number of rotatable bonds is 7. The van der Waals surface area contributed by atoms with Crippen LogP contribution in [0.5, 0.6) is 0 Å². The Morgan fingerprint density at radius 2 is 1.90 bits per heavy atom. The molecule has 0 aliphatic heterocycles. The van der Waals surface area contributed by atoms with E-state index in [-0.39, 0.29) is 29.5 Å². The van der Waals surface area contributed by atoms with Crippen LogP contribution in [0.3, 0.4) is 0 Å². The zero-order valence-corrected chi connectivity index (χ0v) is 19.0. The number of furan rings is 1. The van der Waals surface area contributed by atoms with Crippen molar-refractivity contribution in [2.45, 2.75) is 24.8 Å². The molecular formula is C22H19ClN2O4S2. The molecule has 0 aliphatic rings. The first-order valence-corrected chi connectivity index (χ1v) is 12.4. The number of sulfone groups is 1. The molecule has 0 spiro atoms. The number of halogens is 1. The molecule has 2 aromatic heterocycles. The van der Waals surface area contributed by atoms with Crippen molar-refractivity contribution in [3.05, 3.63) is 77.2 Å². The van der Waals surface area contributed by atoms with E-state index in [2.05, 4.69) is 4.98 Å². The van der Waals surface area contributed by atoms with Crippen LogP contribution in [0.2, 0.25) is 5.02 Å². The van der Waals surface area contributed by atoms with E-state index in [1.807, 2.05) is 25.1 Å². The SMILES string of the molecule is Cc1cccc2sc(N(Cc3ccco3)C(=O)CCS(=O)(=O)c3ccc(Cl)cc3)nc12. The maximum atomic E-state index is 13.1. The molecule has 4 rings (SSSR count). The molecule has 0 fully saturated rings. The van der Waals surface area contributed by atoms with Crippen LogP contribution in [0.25, 0.3) is 10.2 Å². The van der Waals surface area contributed by atoms with Gasteiger partial charge in [0.25, 0.3) is 0 Å². The highest BCUT2D eigenvalue weighted by Gasteiger charge is 2.24. The molecule has 6 nitrogen and oxygen atoms in total. The fourth-order valence-electron chi connectivity index (χ4n) is 3.13. The Morgan fingerprint density at radius 1 is 1.13 bits per heavy atom. The second kappa shape index (κ2) is 8.82. The summed E-state index contributed by atoms with van der Waals surface area (Å²) in [5.41, 5.74) is 1.84. The molecule has 0 radical (unpaired) electrons. The second-order valence-corrected chi connectivity index (χ2v) is 10.6. The number of amides is 1. The number of carbonyl (C=O) groups excluding carboxylic acids is 1. The van der Waals surface area contributed by atoms with Gasteiger partial charge in [0.05, 0.1) is 33.7 Å². The normalized spacial score (nSPS) is 11.7. The van der Waals surface area contributed by atoms with Gasteiger partial charge in [0.15, 0.2) is 15.0 Å². The molecule has 2 heterocycles. The van der Waals surface area contributed by atoms with Crippen molar-refractivity contribution in [3.8, 4) is 0 Å². The predicted molar refractivity (Wildman–Crippen MR) is 122 cm³/mol. The highest BCUT2D eigenvalue weighted by Crippen LogP contribution is 2.32. The van der Waals surface area contributed by atoms with Gasteiger partial charge >= 0.3 is 0 Å². The van der Waals surface area contributed by atoms with Crippen molar-refractivity contribution in [1.82, 2.24) is 4.98 Å². The highest BCUT2D eigenvalue weighted by atomic mass is 35.5. The van der Waals surface area contributed by atoms with Crippen LogP contribution < -0.4 is 4.90 Å². The minimum atomic E-state index is -3.63. The lowest BCUT2D eigenvalue weighted by atomic mass is 10.2. The van der Waals surface area contributed by atoms with Gasteiger partial charge in [-0.2, -0.15) is 0 Å². The third-order valence-electron chi connectivity index (χ3n) is 4.79. The van der Waals surface area contributed by atoms with E-state index in [0.717, 1.165) is 15.8 Å². The Morgan fingerprint density at radius 3 is 2.58 bits per heavy atom. The van der Waals surface area contributed by atoms with Crippen LogP contribution in [0.4, 0.5) is 5.13 Å². The predicted octanol–water partition coefficient (Wildman–Crippen LogP) is 5.25. The van der Waals surface area contributed by atoms with Crippen LogP contribution in [0.1, 0.15) is 17.7 Å². The first kappa shape index (κ1) is 21.5. The third-order valence-corrected chi connectivity index (χ3v) is 7.82. The first-order valence-electron chi connectivity index (χ1n) is 9.51. The Labute approximate surface area is 189 Å². The van der Waals surface area contributed by atoms with Crippen molar-refractivity contribution in [2.75, 3.05) is 10.7 Å². The average molecular weight is 475 g/mol. The molecule has 0 atom stereocenters. The van der Waals surface area contributed by atoms with Gasteiger partial charge in [-0.3, -0.25) is 9.69 Å². The van der Waals surface area contributed by atoms with E-state index in [4.69, 9.17) is 16.0 Å². The number of aromatic nitrogens is 1. The van der Waals surface area contributed by atoms with Crippen molar-refractivity contribution in [2.24, 2.45) is 0 Å². The van der Waals surface area contributed by atoms with Crippen LogP contribution in [-0.2, 0) is 21.2 Å². The fourth-order valence-corrected chi connectivity index (χ4v) is 5.54. The van der Waals surface area contributed by atoms with E-state index in [0.29, 0.717) is 15.9 Å². The quantitative estimate of drug-likeness (QED) is 0.365. The largest absolute Gasteiger partial charge is 0.467 e. The topological polar surface area (TPSA) is 80.5 Å². The highest BCUT2D eigenvalue weighted by molar-refractivity contribution is 7.91. The lowest BCUT2D eigenvalue weighted by molar-refractivity contribution is -0.118. The number of para-hydroxylation sites is 1. The fraction of sp³-hybridized carbons (Fsp3) is 0.182. The van der Waals surface area contributed by atoms with E-state index in [1.165, 1.54) is 46.8 Å². The van der Waals surface area contributed by atoms with E-state index < -0.39 is 9.84 Å². The van der Waals surface area contributed by atoms with E-state index >= 15 is 0 Å². The maximum Gasteiger partial charge on any atom is 0.230 e. The molecule has 160 valence electrons. The number of carbonyl (C=O) groups is 1. The Balaban J connectivity index is 1.59. The van der Waals surface area contributed by atoms with E-state index in [9.17, 15) is 13.2 Å². The maximum absolute atomic E-state index is 13.1. The number of thiazole rings is 1. The lowest BCUT2D eigenvalue weighted by Gasteiger charge is -2.18. The van der Waals surface area contributed by atoms with Crippen LogP contribution in [-0.4, -0.2) is 25.1 Å². The summed E-state index contributed by atoms with van der Waals surface area (Å²) in [4.78, 5) is 19.4. The Bertz CT molecular complexity index is 1310. The summed E-state index contributed by atoms with van der Waals surface area (Å²) in [6.07, 6.45) is 1.35. The van der Waals surface area contributed by atoms with Crippen LogP contribution in [0, 0.1) is 6.92 Å². The molecule has 0 aliphatic carbocycles. The molecule has 0 bridgehead atoms. The van der Waals surface area contributed by atoms with Gasteiger partial charge in [0.2, 0.25) is 5.91 Å². The van der Waals surface area contributed by atoms with Gasteiger partial charge in [0, 0.05) is 11.4 Å². The molecule has 0 unspecified atom stereocenters. The number of aryl methyl sites for hydroxylation is 1. The smallest absolute Gasteiger partial charge is 0.230 e. The molecule has 9 heteroatoms. The summed E-state index contributed by atoms with van der Waals surface area (Å²) in [6.45, 7) is 2.13. The van der Waals surface area contributed by atoms with Crippen molar-refractivity contribution in [1.29, 1.82) is 0 Å². The average Bonchev–Trinajstić information content (AvgIpc) is 3.41. The van der Waals surface area contributed by atoms with Gasteiger partial charge in [0.1, 0.15) is 5.76 Å². The van der Waals surface area contributed by atoms with E-state index in [1.54, 1.807) is 12.1 Å². The zero-order valence-electron chi connectivity index (χ0n) is 16.6. The standard InChI is InChI=1S/C22H19ClN2O4S2/c1-15-4-2-6-19-21(15)24-22(30-19)25(14-17-5-3-12-29-17)20(26)11-13-31(27,28)18-9-7-16(23)8-10-18/h2-10,12H,11,13-14H2,1H3. The van der Waals surface area contributed by atoms with Crippen molar-refractivity contribution < 1.29 is 17.6 Å². The summed E-state index contributed by atoms with van der Waals surface area (Å²) < 4.78 is 31.7. The summed E-state index contributed by atoms with van der Waals surface area (Å²) in [5, 5.41) is 0.959. The number of hydrogen-bond donors (Lipinski definition) is 0. The number of nitrogens with zero attached hydrogens (tertiary/aromatic N) is 2. The zero-order chi connectivity index (χ0) is 22.0. The molecule has 0 saturated carbocycles. The molecule has 0 N–H and O–H groups in total. The third kappa shape index (κ3) is 4.81. The monoisotopic (exact) mass is 474 g/mol. The number of benzene rings is 2. The van der Waals surface area contributed by atoms with Crippen LogP contribution >= 0.6 is 22.9 Å². The minimum Gasteiger partial charge on any atom is -0.467 e. The lowest BCUT2D eigenvalue weighted by Crippen LogP contribution is -2.31. The summed E-state index contributed by atoms with van der Waals surface area (Å²) in [7, 11) is -3.63. The van der Waals surface area contributed by atoms with Crippen molar-refractivity contribution >= 4 is 54.0 Å². The van der Waals surface area contributed by atoms with Crippen LogP contribution in [0.15, 0.2) is 70.2 Å². The summed E-state index contributed by atoms with van der Waals surface area (Å²) in [5.74, 6) is -0.0676. The Kier molecular flexibility index (Phi) is 6.13. The molecule has 31 heavy (non-hydrogen) atoms. The molecule has 0 saturated heterocycles. The number of fused-ring (bicyclic) bond motifs is 1. The number of anilines is 1. The summed E-state index contributed by atoms with van der Waals surface area (Å²) >= 11 is 7.23. The second-order valence-electron chi connectivity index (χ2n) is 7.00. The Hall–Kier alpha value is -2.68. The molecule has 2 aromatic carbocycles. The molecular weight excluding hydrogens is 456 g/mol. The number of hydrogen-bond acceptors (Lipinski definition) is 6. The van der Waals surface area contributed by atoms with Crippen molar-refractivity contribution in [3.63, 3.8) is 0 Å². The van der Waals surface area contributed by atoms with Gasteiger partial charge in [-0.15, -0.1) is 0 Å². The minimum absolute atomic E-state index is 0.137. The molecule has 4 aromatic rings. The first-order chi connectivity index (χ1) is 14.8. The van der Waals surface area contributed by atoms with Gasteiger partial charge < -0.3 is 4.42 Å². The van der Waals surface area contributed by atoms with Gasteiger partial charge in [-0.25, -0.2) is 13.4 Å². The van der Waals surface area contributed by atoms with Gasteiger partial charge in [-0.05, 0) is 55.0 Å².